The van der Waals surface area contributed by atoms with E-state index < -0.39 is 17.7 Å². The molecule has 0 radical (unpaired) electrons. The van der Waals surface area contributed by atoms with Gasteiger partial charge in [-0.3, -0.25) is 0 Å². The highest BCUT2D eigenvalue weighted by atomic mass is 16.6. The lowest BCUT2D eigenvalue weighted by atomic mass is 10.2. The van der Waals surface area contributed by atoms with Crippen molar-refractivity contribution in [2.24, 2.45) is 5.84 Å². The third kappa shape index (κ3) is 5.75. The molecule has 1 aliphatic rings. The molecule has 1 aliphatic heterocycles. The van der Waals surface area contributed by atoms with Gasteiger partial charge in [-0.2, -0.15) is 5.12 Å². The summed E-state index contributed by atoms with van der Waals surface area (Å²) in [6.07, 6.45) is 2.41. The zero-order valence-corrected chi connectivity index (χ0v) is 11.7. The quantitative estimate of drug-likeness (QED) is 0.371. The molecule has 0 bridgehead atoms. The van der Waals surface area contributed by atoms with E-state index in [-0.39, 0.29) is 0 Å². The summed E-state index contributed by atoms with van der Waals surface area (Å²) in [5.41, 5.74) is 3.73. The van der Waals surface area contributed by atoms with Crippen LogP contribution in [0, 0.1) is 0 Å². The van der Waals surface area contributed by atoms with Crippen LogP contribution in [0.5, 0.6) is 0 Å². The van der Waals surface area contributed by atoms with Crippen molar-refractivity contribution in [3.8, 4) is 0 Å². The van der Waals surface area contributed by atoms with Crippen molar-refractivity contribution >= 4 is 12.1 Å². The zero-order chi connectivity index (χ0) is 14.5. The largest absolute Gasteiger partial charge is 0.443 e. The van der Waals surface area contributed by atoms with Crippen LogP contribution in [0.1, 0.15) is 40.0 Å². The van der Waals surface area contributed by atoms with Crippen LogP contribution in [0.2, 0.25) is 0 Å². The number of nitrogens with zero attached hydrogens (tertiary/aromatic N) is 2. The number of rotatable bonds is 1. The molecule has 4 N–H and O–H groups in total. The molecule has 8 heteroatoms. The van der Waals surface area contributed by atoms with E-state index in [2.05, 4.69) is 10.9 Å². The smallest absolute Gasteiger partial charge is 0.426 e. The highest BCUT2D eigenvalue weighted by Crippen LogP contribution is 2.09. The Labute approximate surface area is 113 Å². The van der Waals surface area contributed by atoms with Gasteiger partial charge in [-0.05, 0) is 33.6 Å². The van der Waals surface area contributed by atoms with Gasteiger partial charge in [0.05, 0.1) is 0 Å². The van der Waals surface area contributed by atoms with Crippen LogP contribution in [0.3, 0.4) is 0 Å². The lowest BCUT2D eigenvalue weighted by Gasteiger charge is -2.33. The van der Waals surface area contributed by atoms with E-state index in [1.54, 1.807) is 25.8 Å². The second-order valence-corrected chi connectivity index (χ2v) is 5.42. The van der Waals surface area contributed by atoms with Crippen molar-refractivity contribution in [1.29, 1.82) is 0 Å². The Morgan fingerprint density at radius 1 is 1.16 bits per heavy atom. The second kappa shape index (κ2) is 6.58. The minimum atomic E-state index is -0.729. The Balaban J connectivity index is 2.32. The summed E-state index contributed by atoms with van der Waals surface area (Å²) >= 11 is 0. The summed E-state index contributed by atoms with van der Waals surface area (Å²) in [5, 5.41) is 2.71. The third-order valence-electron chi connectivity index (χ3n) is 2.52. The van der Waals surface area contributed by atoms with Gasteiger partial charge in [-0.1, -0.05) is 6.42 Å². The lowest BCUT2D eigenvalue weighted by Crippen LogP contribution is -2.59. The SMILES string of the molecule is CC(C)(C)OC(=O)NNC(=O)N(N)N1CCCCC1. The van der Waals surface area contributed by atoms with E-state index >= 15 is 0 Å². The highest BCUT2D eigenvalue weighted by Gasteiger charge is 2.21. The molecule has 1 heterocycles. The Kier molecular flexibility index (Phi) is 5.37. The number of urea groups is 1. The van der Waals surface area contributed by atoms with Gasteiger partial charge in [0.15, 0.2) is 0 Å². The van der Waals surface area contributed by atoms with Crippen molar-refractivity contribution in [1.82, 2.24) is 21.0 Å². The fourth-order valence-corrected chi connectivity index (χ4v) is 1.69. The molecule has 0 aliphatic carbocycles. The maximum Gasteiger partial charge on any atom is 0.426 e. The Morgan fingerprint density at radius 2 is 1.74 bits per heavy atom. The maximum absolute atomic E-state index is 11.7. The lowest BCUT2D eigenvalue weighted by molar-refractivity contribution is -0.00510. The van der Waals surface area contributed by atoms with E-state index in [1.807, 2.05) is 0 Å². The standard InChI is InChI=1S/C11H23N5O3/c1-11(2,3)19-10(18)14-13-9(17)16(12)15-7-5-4-6-8-15/h4-8,12H2,1-3H3,(H,13,17)(H,14,18). The topological polar surface area (TPSA) is 99.9 Å². The molecule has 0 unspecified atom stereocenters. The highest BCUT2D eigenvalue weighted by molar-refractivity contribution is 5.77. The van der Waals surface area contributed by atoms with E-state index in [0.29, 0.717) is 0 Å². The molecule has 1 rings (SSSR count). The van der Waals surface area contributed by atoms with Crippen LogP contribution in [0.4, 0.5) is 9.59 Å². The first kappa shape index (κ1) is 15.5. The molecule has 0 saturated carbocycles. The van der Waals surface area contributed by atoms with Gasteiger partial charge in [0.25, 0.3) is 0 Å². The normalized spacial score (nSPS) is 16.6. The summed E-state index contributed by atoms with van der Waals surface area (Å²) in [6, 6.07) is -0.604. The number of carbonyl (C=O) groups is 2. The van der Waals surface area contributed by atoms with Crippen LogP contribution in [0.15, 0.2) is 0 Å². The molecule has 3 amide bonds. The van der Waals surface area contributed by atoms with Crippen LogP contribution in [-0.4, -0.2) is 40.9 Å². The van der Waals surface area contributed by atoms with Gasteiger partial charge in [-0.25, -0.2) is 31.3 Å². The van der Waals surface area contributed by atoms with Crippen molar-refractivity contribution in [2.45, 2.75) is 45.6 Å². The van der Waals surface area contributed by atoms with Crippen molar-refractivity contribution < 1.29 is 14.3 Å². The first-order chi connectivity index (χ1) is 8.79. The fraction of sp³-hybridized carbons (Fsp3) is 0.818. The first-order valence-corrected chi connectivity index (χ1v) is 6.38. The zero-order valence-electron chi connectivity index (χ0n) is 11.7. The Bertz CT molecular complexity index is 323. The monoisotopic (exact) mass is 273 g/mol. The first-order valence-electron chi connectivity index (χ1n) is 6.38. The number of hydrogen-bond acceptors (Lipinski definition) is 5. The predicted molar refractivity (Wildman–Crippen MR) is 69.4 cm³/mol. The van der Waals surface area contributed by atoms with Crippen LogP contribution in [0.25, 0.3) is 0 Å². The summed E-state index contributed by atoms with van der Waals surface area (Å²) in [4.78, 5) is 23.0. The van der Waals surface area contributed by atoms with Crippen molar-refractivity contribution in [3.05, 3.63) is 0 Å². The van der Waals surface area contributed by atoms with E-state index in [4.69, 9.17) is 10.6 Å². The van der Waals surface area contributed by atoms with Crippen molar-refractivity contribution in [3.63, 3.8) is 0 Å². The number of amides is 3. The average molecular weight is 273 g/mol. The van der Waals surface area contributed by atoms with E-state index in [1.165, 1.54) is 0 Å². The van der Waals surface area contributed by atoms with Crippen LogP contribution >= 0.6 is 0 Å². The number of piperidine rings is 1. The molecular weight excluding hydrogens is 250 g/mol. The molecular formula is C11H23N5O3. The van der Waals surface area contributed by atoms with Gasteiger partial charge < -0.3 is 4.74 Å². The second-order valence-electron chi connectivity index (χ2n) is 5.42. The van der Waals surface area contributed by atoms with Crippen LogP contribution in [-0.2, 0) is 4.74 Å². The van der Waals surface area contributed by atoms with Gasteiger partial charge in [0, 0.05) is 13.1 Å². The van der Waals surface area contributed by atoms with Gasteiger partial charge in [0.1, 0.15) is 5.60 Å². The maximum atomic E-state index is 11.7. The number of nitrogens with two attached hydrogens (primary N) is 1. The molecule has 8 nitrogen and oxygen atoms in total. The average Bonchev–Trinajstić information content (AvgIpc) is 2.34. The summed E-state index contributed by atoms with van der Waals surface area (Å²) < 4.78 is 4.98. The summed E-state index contributed by atoms with van der Waals surface area (Å²) in [7, 11) is 0. The molecule has 19 heavy (non-hydrogen) atoms. The number of carbonyl (C=O) groups excluding carboxylic acids is 2. The van der Waals surface area contributed by atoms with Gasteiger partial charge >= 0.3 is 12.1 Å². The van der Waals surface area contributed by atoms with E-state index in [0.717, 1.165) is 37.5 Å². The molecule has 1 saturated heterocycles. The molecule has 0 atom stereocenters. The minimum Gasteiger partial charge on any atom is -0.443 e. The summed E-state index contributed by atoms with van der Waals surface area (Å²) in [5.74, 6) is 5.66. The number of nitrogens with one attached hydrogen (secondary N) is 2. The molecule has 0 aromatic heterocycles. The Hall–Kier alpha value is -1.54. The number of hydrazine groups is 3. The fourth-order valence-electron chi connectivity index (χ4n) is 1.69. The molecule has 0 spiro atoms. The number of ether oxygens (including phenoxy) is 1. The van der Waals surface area contributed by atoms with E-state index in [9.17, 15) is 9.59 Å². The molecule has 0 aromatic carbocycles. The summed E-state index contributed by atoms with van der Waals surface area (Å²) in [6.45, 7) is 6.67. The third-order valence-corrected chi connectivity index (χ3v) is 2.52. The van der Waals surface area contributed by atoms with Crippen LogP contribution < -0.4 is 16.7 Å². The Morgan fingerprint density at radius 3 is 2.26 bits per heavy atom. The minimum absolute atomic E-state index is 0.604. The number of hydrogen-bond donors (Lipinski definition) is 3. The molecule has 110 valence electrons. The predicted octanol–water partition coefficient (Wildman–Crippen LogP) is 0.712. The molecule has 0 aromatic rings. The molecule has 1 fully saturated rings. The van der Waals surface area contributed by atoms with Gasteiger partial charge in [-0.15, -0.1) is 0 Å². The van der Waals surface area contributed by atoms with Crippen molar-refractivity contribution in [2.75, 3.05) is 13.1 Å². The van der Waals surface area contributed by atoms with Gasteiger partial charge in [0.2, 0.25) is 0 Å².